The number of anilines is 1. The van der Waals surface area contributed by atoms with Crippen molar-refractivity contribution in [3.63, 3.8) is 0 Å². The molecule has 0 atom stereocenters. The lowest BCUT2D eigenvalue weighted by Gasteiger charge is -2.29. The smallest absolute Gasteiger partial charge is 0.254 e. The summed E-state index contributed by atoms with van der Waals surface area (Å²) in [5, 5.41) is 3.12. The number of benzene rings is 2. The van der Waals surface area contributed by atoms with Crippen LogP contribution >= 0.6 is 11.3 Å². The van der Waals surface area contributed by atoms with Crippen LogP contribution in [-0.4, -0.2) is 42.5 Å². The largest absolute Gasteiger partial charge is 0.496 e. The second-order valence-corrected chi connectivity index (χ2v) is 8.71. The van der Waals surface area contributed by atoms with Crippen LogP contribution in [0.15, 0.2) is 47.8 Å². The Labute approximate surface area is 180 Å². The summed E-state index contributed by atoms with van der Waals surface area (Å²) < 4.78 is 5.59. The molecular formula is C24H25N3O2S. The maximum atomic E-state index is 13.3. The first-order valence-corrected chi connectivity index (χ1v) is 11.4. The summed E-state index contributed by atoms with van der Waals surface area (Å²) in [6.45, 7) is 3.54. The van der Waals surface area contributed by atoms with Crippen LogP contribution in [0.3, 0.4) is 0 Å². The molecule has 0 bridgehead atoms. The highest BCUT2D eigenvalue weighted by Gasteiger charge is 2.23. The van der Waals surface area contributed by atoms with Crippen molar-refractivity contribution in [1.29, 1.82) is 0 Å². The van der Waals surface area contributed by atoms with Gasteiger partial charge in [0.15, 0.2) is 5.13 Å². The molecular weight excluding hydrogens is 394 g/mol. The van der Waals surface area contributed by atoms with Crippen molar-refractivity contribution in [3.8, 4) is 17.0 Å². The first kappa shape index (κ1) is 19.1. The van der Waals surface area contributed by atoms with E-state index in [-0.39, 0.29) is 5.91 Å². The van der Waals surface area contributed by atoms with Crippen molar-refractivity contribution in [2.75, 3.05) is 31.6 Å². The zero-order valence-corrected chi connectivity index (χ0v) is 18.0. The molecule has 1 fully saturated rings. The van der Waals surface area contributed by atoms with Gasteiger partial charge in [0.1, 0.15) is 5.75 Å². The molecule has 2 aliphatic rings. The third-order valence-corrected chi connectivity index (χ3v) is 6.91. The zero-order valence-electron chi connectivity index (χ0n) is 17.1. The second-order valence-electron chi connectivity index (χ2n) is 7.87. The van der Waals surface area contributed by atoms with Crippen LogP contribution in [0, 0.1) is 0 Å². The number of aromatic nitrogens is 1. The SMILES string of the molecule is COc1ccc(C(=O)N2CCc3ccccc3C2)cc1-c1csc(N2CCCC2)n1. The summed E-state index contributed by atoms with van der Waals surface area (Å²) in [5.41, 5.74) is 5.01. The van der Waals surface area contributed by atoms with Crippen LogP contribution in [-0.2, 0) is 13.0 Å². The quantitative estimate of drug-likeness (QED) is 0.619. The molecule has 2 aromatic carbocycles. The van der Waals surface area contributed by atoms with Gasteiger partial charge in [-0.05, 0) is 48.6 Å². The van der Waals surface area contributed by atoms with Gasteiger partial charge in [-0.2, -0.15) is 0 Å². The van der Waals surface area contributed by atoms with E-state index in [0.717, 1.165) is 48.2 Å². The molecule has 1 amide bonds. The number of methoxy groups -OCH3 is 1. The van der Waals surface area contributed by atoms with Crippen LogP contribution in [0.1, 0.15) is 34.3 Å². The van der Waals surface area contributed by atoms with E-state index >= 15 is 0 Å². The summed E-state index contributed by atoms with van der Waals surface area (Å²) in [5.74, 6) is 0.803. The molecule has 0 aliphatic carbocycles. The van der Waals surface area contributed by atoms with Crippen molar-refractivity contribution in [1.82, 2.24) is 9.88 Å². The van der Waals surface area contributed by atoms with E-state index in [2.05, 4.69) is 28.5 Å². The van der Waals surface area contributed by atoms with E-state index in [9.17, 15) is 4.79 Å². The molecule has 3 heterocycles. The van der Waals surface area contributed by atoms with Gasteiger partial charge < -0.3 is 14.5 Å². The fourth-order valence-electron chi connectivity index (χ4n) is 4.33. The number of ether oxygens (including phenoxy) is 1. The van der Waals surface area contributed by atoms with Crippen LogP contribution < -0.4 is 9.64 Å². The fraction of sp³-hybridized carbons (Fsp3) is 0.333. The Hall–Kier alpha value is -2.86. The predicted molar refractivity (Wildman–Crippen MR) is 120 cm³/mol. The van der Waals surface area contributed by atoms with Crippen molar-refractivity contribution in [2.45, 2.75) is 25.8 Å². The lowest BCUT2D eigenvalue weighted by atomic mass is 9.99. The summed E-state index contributed by atoms with van der Waals surface area (Å²) in [6.07, 6.45) is 3.35. The average molecular weight is 420 g/mol. The van der Waals surface area contributed by atoms with Crippen molar-refractivity contribution >= 4 is 22.4 Å². The number of thiazole rings is 1. The first-order chi connectivity index (χ1) is 14.7. The molecule has 0 radical (unpaired) electrons. The Bertz CT molecular complexity index is 1070. The molecule has 0 N–H and O–H groups in total. The minimum absolute atomic E-state index is 0.0587. The number of fused-ring (bicyclic) bond motifs is 1. The van der Waals surface area contributed by atoms with E-state index < -0.39 is 0 Å². The molecule has 3 aromatic rings. The van der Waals surface area contributed by atoms with Gasteiger partial charge in [-0.3, -0.25) is 4.79 Å². The first-order valence-electron chi connectivity index (χ1n) is 10.5. The van der Waals surface area contributed by atoms with Crippen LogP contribution in [0.25, 0.3) is 11.3 Å². The lowest BCUT2D eigenvalue weighted by Crippen LogP contribution is -2.35. The number of amides is 1. The zero-order chi connectivity index (χ0) is 20.5. The Balaban J connectivity index is 1.42. The summed E-state index contributed by atoms with van der Waals surface area (Å²) in [7, 11) is 1.66. The number of hydrogen-bond acceptors (Lipinski definition) is 5. The molecule has 30 heavy (non-hydrogen) atoms. The Morgan fingerprint density at radius 3 is 2.67 bits per heavy atom. The molecule has 5 rings (SSSR count). The van der Waals surface area contributed by atoms with Crippen LogP contribution in [0.4, 0.5) is 5.13 Å². The number of carbonyl (C=O) groups excluding carboxylic acids is 1. The Kier molecular flexibility index (Phi) is 5.17. The third kappa shape index (κ3) is 3.56. The second kappa shape index (κ2) is 8.11. The van der Waals surface area contributed by atoms with Crippen LogP contribution in [0.2, 0.25) is 0 Å². The third-order valence-electron chi connectivity index (χ3n) is 6.01. The molecule has 1 saturated heterocycles. The van der Waals surface area contributed by atoms with Crippen molar-refractivity contribution in [3.05, 3.63) is 64.5 Å². The number of nitrogens with zero attached hydrogens (tertiary/aromatic N) is 3. The van der Waals surface area contributed by atoms with E-state index in [1.54, 1.807) is 18.4 Å². The number of rotatable bonds is 4. The summed E-state index contributed by atoms with van der Waals surface area (Å²) >= 11 is 1.66. The molecule has 0 spiro atoms. The average Bonchev–Trinajstić information content (AvgIpc) is 3.50. The van der Waals surface area contributed by atoms with Gasteiger partial charge in [0.2, 0.25) is 0 Å². The maximum Gasteiger partial charge on any atom is 0.254 e. The highest BCUT2D eigenvalue weighted by Crippen LogP contribution is 2.35. The number of hydrogen-bond donors (Lipinski definition) is 0. The minimum Gasteiger partial charge on any atom is -0.496 e. The topological polar surface area (TPSA) is 45.7 Å². The highest BCUT2D eigenvalue weighted by molar-refractivity contribution is 7.14. The molecule has 2 aliphatic heterocycles. The Morgan fingerprint density at radius 1 is 1.07 bits per heavy atom. The van der Waals surface area contributed by atoms with Gasteiger partial charge in [0.25, 0.3) is 5.91 Å². The van der Waals surface area contributed by atoms with Gasteiger partial charge in [-0.25, -0.2) is 4.98 Å². The predicted octanol–water partition coefficient (Wildman–Crippen LogP) is 4.62. The molecule has 6 heteroatoms. The standard InChI is InChI=1S/C24H25N3O2S/c1-29-22-9-8-18(23(28)27-13-10-17-6-2-3-7-19(17)15-27)14-20(22)21-16-30-24(25-21)26-11-4-5-12-26/h2-3,6-9,14,16H,4-5,10-13,15H2,1H3. The minimum atomic E-state index is 0.0587. The maximum absolute atomic E-state index is 13.3. The molecule has 1 aromatic heterocycles. The van der Waals surface area contributed by atoms with E-state index in [1.165, 1.54) is 24.0 Å². The van der Waals surface area contributed by atoms with E-state index in [0.29, 0.717) is 12.1 Å². The van der Waals surface area contributed by atoms with Gasteiger partial charge in [0.05, 0.1) is 12.8 Å². The van der Waals surface area contributed by atoms with Gasteiger partial charge >= 0.3 is 0 Å². The van der Waals surface area contributed by atoms with Gasteiger partial charge in [-0.1, -0.05) is 24.3 Å². The van der Waals surface area contributed by atoms with Crippen molar-refractivity contribution < 1.29 is 9.53 Å². The molecule has 0 saturated carbocycles. The monoisotopic (exact) mass is 419 g/mol. The van der Waals surface area contributed by atoms with Crippen LogP contribution in [0.5, 0.6) is 5.75 Å². The van der Waals surface area contributed by atoms with E-state index in [1.807, 2.05) is 29.2 Å². The Morgan fingerprint density at radius 2 is 1.87 bits per heavy atom. The van der Waals surface area contributed by atoms with Gasteiger partial charge in [0, 0.05) is 42.7 Å². The normalized spacial score (nSPS) is 15.9. The highest BCUT2D eigenvalue weighted by atomic mass is 32.1. The lowest BCUT2D eigenvalue weighted by molar-refractivity contribution is 0.0734. The van der Waals surface area contributed by atoms with E-state index in [4.69, 9.17) is 9.72 Å². The summed E-state index contributed by atoms with van der Waals surface area (Å²) in [6, 6.07) is 14.1. The van der Waals surface area contributed by atoms with Gasteiger partial charge in [-0.15, -0.1) is 11.3 Å². The summed E-state index contributed by atoms with van der Waals surface area (Å²) in [4.78, 5) is 22.4. The molecule has 154 valence electrons. The number of carbonyl (C=O) groups is 1. The molecule has 0 unspecified atom stereocenters. The molecule has 5 nitrogen and oxygen atoms in total. The van der Waals surface area contributed by atoms with Crippen molar-refractivity contribution in [2.24, 2.45) is 0 Å². The fourth-order valence-corrected chi connectivity index (χ4v) is 5.21.